The zero-order valence-electron chi connectivity index (χ0n) is 8.52. The molecule has 0 unspecified atom stereocenters. The highest BCUT2D eigenvalue weighted by atomic mass is 79.9. The molecule has 0 saturated carbocycles. The van der Waals surface area contributed by atoms with Crippen molar-refractivity contribution in [3.8, 4) is 0 Å². The third-order valence-corrected chi connectivity index (χ3v) is 3.25. The van der Waals surface area contributed by atoms with Gasteiger partial charge in [0.2, 0.25) is 0 Å². The molecule has 2 aromatic heterocycles. The van der Waals surface area contributed by atoms with Gasteiger partial charge in [-0.2, -0.15) is 0 Å². The largest absolute Gasteiger partial charge is 0.318 e. The molecule has 2 rings (SSSR count). The molecule has 2 heterocycles. The molecule has 86 valence electrons. The molecule has 0 aliphatic carbocycles. The molecule has 6 heteroatoms. The Balaban J connectivity index is 2.24. The van der Waals surface area contributed by atoms with E-state index in [0.29, 0.717) is 20.5 Å². The Morgan fingerprint density at radius 1 is 1.12 bits per heavy atom. The minimum Gasteiger partial charge on any atom is -0.318 e. The number of nitrogens with one attached hydrogen (secondary N) is 1. The van der Waals surface area contributed by atoms with Gasteiger partial charge >= 0.3 is 0 Å². The SMILES string of the molecule is O=C(Nc1cccnc1Br)c1ncccc1Br. The number of rotatable bonds is 2. The van der Waals surface area contributed by atoms with Crippen molar-refractivity contribution >= 4 is 43.5 Å². The molecule has 0 atom stereocenters. The second-order valence-electron chi connectivity index (χ2n) is 3.13. The quantitative estimate of drug-likeness (QED) is 0.840. The first-order valence-electron chi connectivity index (χ1n) is 4.71. The van der Waals surface area contributed by atoms with Crippen LogP contribution in [0, 0.1) is 0 Å². The van der Waals surface area contributed by atoms with Crippen molar-refractivity contribution in [1.82, 2.24) is 9.97 Å². The summed E-state index contributed by atoms with van der Waals surface area (Å²) in [7, 11) is 0. The van der Waals surface area contributed by atoms with Crippen molar-refractivity contribution in [2.45, 2.75) is 0 Å². The van der Waals surface area contributed by atoms with Crippen LogP contribution in [-0.4, -0.2) is 15.9 Å². The minimum absolute atomic E-state index is 0.286. The molecule has 0 aromatic carbocycles. The number of aromatic nitrogens is 2. The lowest BCUT2D eigenvalue weighted by atomic mass is 10.3. The fourth-order valence-corrected chi connectivity index (χ4v) is 2.00. The van der Waals surface area contributed by atoms with Gasteiger partial charge in [-0.1, -0.05) is 0 Å². The molecular formula is C11H7Br2N3O. The second-order valence-corrected chi connectivity index (χ2v) is 4.74. The van der Waals surface area contributed by atoms with Gasteiger partial charge < -0.3 is 5.32 Å². The van der Waals surface area contributed by atoms with E-state index < -0.39 is 0 Å². The molecule has 4 nitrogen and oxygen atoms in total. The third-order valence-electron chi connectivity index (χ3n) is 1.98. The summed E-state index contributed by atoms with van der Waals surface area (Å²) in [6, 6.07) is 7.01. The maximum Gasteiger partial charge on any atom is 0.275 e. The van der Waals surface area contributed by atoms with Crippen LogP contribution in [0.5, 0.6) is 0 Å². The fourth-order valence-electron chi connectivity index (χ4n) is 1.21. The highest BCUT2D eigenvalue weighted by Gasteiger charge is 2.12. The molecule has 0 saturated heterocycles. The second kappa shape index (κ2) is 5.37. The van der Waals surface area contributed by atoms with Gasteiger partial charge in [-0.3, -0.25) is 4.79 Å². The van der Waals surface area contributed by atoms with E-state index in [4.69, 9.17) is 0 Å². The zero-order chi connectivity index (χ0) is 12.3. The van der Waals surface area contributed by atoms with E-state index in [1.807, 2.05) is 0 Å². The summed E-state index contributed by atoms with van der Waals surface area (Å²) in [4.78, 5) is 20.0. The van der Waals surface area contributed by atoms with Crippen molar-refractivity contribution in [2.75, 3.05) is 5.32 Å². The van der Waals surface area contributed by atoms with Crippen molar-refractivity contribution in [1.29, 1.82) is 0 Å². The zero-order valence-corrected chi connectivity index (χ0v) is 11.7. The number of hydrogen-bond donors (Lipinski definition) is 1. The molecule has 2 aromatic rings. The first kappa shape index (κ1) is 12.2. The summed E-state index contributed by atoms with van der Waals surface area (Å²) in [6.45, 7) is 0. The summed E-state index contributed by atoms with van der Waals surface area (Å²) in [5.41, 5.74) is 0.943. The number of carbonyl (C=O) groups excluding carboxylic acids is 1. The molecule has 1 amide bonds. The topological polar surface area (TPSA) is 54.9 Å². The summed E-state index contributed by atoms with van der Waals surface area (Å²) < 4.78 is 1.23. The Hall–Kier alpha value is -1.27. The van der Waals surface area contributed by atoms with Gasteiger partial charge in [0.05, 0.1) is 5.69 Å². The van der Waals surface area contributed by atoms with Crippen molar-refractivity contribution < 1.29 is 4.79 Å². The van der Waals surface area contributed by atoms with E-state index >= 15 is 0 Å². The summed E-state index contributed by atoms with van der Waals surface area (Å²) in [5.74, 6) is -0.286. The maximum absolute atomic E-state index is 11.9. The predicted octanol–water partition coefficient (Wildman–Crippen LogP) is 3.25. The van der Waals surface area contributed by atoms with Crippen LogP contribution in [0.2, 0.25) is 0 Å². The number of halogens is 2. The van der Waals surface area contributed by atoms with E-state index in [1.165, 1.54) is 0 Å². The number of anilines is 1. The van der Waals surface area contributed by atoms with E-state index in [9.17, 15) is 4.79 Å². The number of carbonyl (C=O) groups is 1. The molecule has 0 spiro atoms. The third kappa shape index (κ3) is 2.89. The van der Waals surface area contributed by atoms with Crippen molar-refractivity contribution in [3.63, 3.8) is 0 Å². The minimum atomic E-state index is -0.286. The first-order chi connectivity index (χ1) is 8.18. The predicted molar refractivity (Wildman–Crippen MR) is 71.8 cm³/mol. The Labute approximate surface area is 115 Å². The normalized spacial score (nSPS) is 10.0. The Morgan fingerprint density at radius 3 is 2.53 bits per heavy atom. The molecule has 0 fully saturated rings. The number of pyridine rings is 2. The molecule has 0 aliphatic heterocycles. The fraction of sp³-hybridized carbons (Fsp3) is 0. The molecule has 0 bridgehead atoms. The lowest BCUT2D eigenvalue weighted by Gasteiger charge is -2.06. The van der Waals surface area contributed by atoms with E-state index in [-0.39, 0.29) is 5.91 Å². The van der Waals surface area contributed by atoms with E-state index in [2.05, 4.69) is 47.1 Å². The first-order valence-corrected chi connectivity index (χ1v) is 6.29. The Kier molecular flexibility index (Phi) is 3.86. The molecule has 1 N–H and O–H groups in total. The van der Waals surface area contributed by atoms with Crippen LogP contribution in [0.3, 0.4) is 0 Å². The van der Waals surface area contributed by atoms with E-state index in [1.54, 1.807) is 36.7 Å². The van der Waals surface area contributed by atoms with E-state index in [0.717, 1.165) is 0 Å². The van der Waals surface area contributed by atoms with Crippen molar-refractivity contribution in [3.05, 3.63) is 51.4 Å². The monoisotopic (exact) mass is 355 g/mol. The molecular weight excluding hydrogens is 350 g/mol. The molecule has 0 radical (unpaired) electrons. The van der Waals surface area contributed by atoms with Gasteiger partial charge in [-0.05, 0) is 56.1 Å². The van der Waals surface area contributed by atoms with Crippen LogP contribution >= 0.6 is 31.9 Å². The lowest BCUT2D eigenvalue weighted by Crippen LogP contribution is -2.14. The standard InChI is InChI=1S/C11H7Br2N3O/c12-7-3-1-5-14-9(7)11(17)16-8-4-2-6-15-10(8)13/h1-6H,(H,16,17). The smallest absolute Gasteiger partial charge is 0.275 e. The highest BCUT2D eigenvalue weighted by Crippen LogP contribution is 2.20. The lowest BCUT2D eigenvalue weighted by molar-refractivity contribution is 0.102. The molecule has 0 aliphatic rings. The Bertz CT molecular complexity index is 560. The summed E-state index contributed by atoms with van der Waals surface area (Å²) >= 11 is 6.54. The van der Waals surface area contributed by atoms with Gasteiger partial charge in [0.1, 0.15) is 10.3 Å². The van der Waals surface area contributed by atoms with Gasteiger partial charge in [0, 0.05) is 16.9 Å². The molecule has 17 heavy (non-hydrogen) atoms. The summed E-state index contributed by atoms with van der Waals surface area (Å²) in [6.07, 6.45) is 3.20. The van der Waals surface area contributed by atoms with Crippen LogP contribution in [-0.2, 0) is 0 Å². The van der Waals surface area contributed by atoms with Gasteiger partial charge in [-0.15, -0.1) is 0 Å². The van der Waals surface area contributed by atoms with Crippen molar-refractivity contribution in [2.24, 2.45) is 0 Å². The van der Waals surface area contributed by atoms with Crippen LogP contribution in [0.4, 0.5) is 5.69 Å². The van der Waals surface area contributed by atoms with Crippen LogP contribution in [0.15, 0.2) is 45.7 Å². The van der Waals surface area contributed by atoms with Gasteiger partial charge in [0.25, 0.3) is 5.91 Å². The Morgan fingerprint density at radius 2 is 1.82 bits per heavy atom. The number of hydrogen-bond acceptors (Lipinski definition) is 3. The number of nitrogens with zero attached hydrogens (tertiary/aromatic N) is 2. The maximum atomic E-state index is 11.9. The van der Waals surface area contributed by atoms with Gasteiger partial charge in [-0.25, -0.2) is 9.97 Å². The number of amides is 1. The average molecular weight is 357 g/mol. The highest BCUT2D eigenvalue weighted by molar-refractivity contribution is 9.10. The summed E-state index contributed by atoms with van der Waals surface area (Å²) in [5, 5.41) is 2.73. The van der Waals surface area contributed by atoms with Crippen LogP contribution in [0.25, 0.3) is 0 Å². The van der Waals surface area contributed by atoms with Crippen LogP contribution in [0.1, 0.15) is 10.5 Å². The average Bonchev–Trinajstić information content (AvgIpc) is 2.32. The van der Waals surface area contributed by atoms with Crippen LogP contribution < -0.4 is 5.32 Å². The van der Waals surface area contributed by atoms with Gasteiger partial charge in [0.15, 0.2) is 0 Å².